The molecule has 6 heteroatoms. The minimum atomic E-state index is 0.195. The number of benzene rings is 2. The molecule has 29 heavy (non-hydrogen) atoms. The van der Waals surface area contributed by atoms with E-state index in [0.29, 0.717) is 18.1 Å². The highest BCUT2D eigenvalue weighted by atomic mass is 32.1. The summed E-state index contributed by atoms with van der Waals surface area (Å²) in [7, 11) is 0. The first-order chi connectivity index (χ1) is 14.1. The number of thiocarbonyl (C=S) groups is 1. The van der Waals surface area contributed by atoms with E-state index in [4.69, 9.17) is 17.0 Å². The van der Waals surface area contributed by atoms with Crippen molar-refractivity contribution in [3.8, 4) is 5.75 Å². The molecular formula is C23H29N3O2S. The van der Waals surface area contributed by atoms with Crippen molar-refractivity contribution in [3.05, 3.63) is 53.6 Å². The van der Waals surface area contributed by atoms with Crippen LogP contribution < -0.4 is 20.3 Å². The monoisotopic (exact) mass is 411 g/mol. The molecule has 5 nitrogen and oxygen atoms in total. The van der Waals surface area contributed by atoms with Crippen molar-refractivity contribution >= 4 is 34.6 Å². The summed E-state index contributed by atoms with van der Waals surface area (Å²) in [6.45, 7) is 6.28. The third-order valence-corrected chi connectivity index (χ3v) is 5.24. The fraction of sp³-hybridized carbons (Fsp3) is 0.391. The first kappa shape index (κ1) is 21.1. The number of anilines is 2. The average molecular weight is 412 g/mol. The van der Waals surface area contributed by atoms with Crippen LogP contribution in [-0.4, -0.2) is 30.7 Å². The Hall–Kier alpha value is -2.60. The highest BCUT2D eigenvalue weighted by Crippen LogP contribution is 2.28. The molecule has 0 radical (unpaired) electrons. The molecule has 154 valence electrons. The topological polar surface area (TPSA) is 53.6 Å². The Morgan fingerprint density at radius 3 is 2.69 bits per heavy atom. The van der Waals surface area contributed by atoms with Gasteiger partial charge in [-0.3, -0.25) is 4.79 Å². The maximum Gasteiger partial charge on any atom is 0.227 e. The van der Waals surface area contributed by atoms with E-state index in [1.165, 1.54) is 5.56 Å². The first-order valence-electron chi connectivity index (χ1n) is 10.2. The van der Waals surface area contributed by atoms with Crippen molar-refractivity contribution in [1.82, 2.24) is 5.32 Å². The summed E-state index contributed by atoms with van der Waals surface area (Å²) < 4.78 is 5.47. The van der Waals surface area contributed by atoms with Crippen molar-refractivity contribution < 1.29 is 9.53 Å². The van der Waals surface area contributed by atoms with E-state index < -0.39 is 0 Å². The van der Waals surface area contributed by atoms with Crippen LogP contribution in [0.4, 0.5) is 11.4 Å². The van der Waals surface area contributed by atoms with Crippen molar-refractivity contribution in [2.45, 2.75) is 39.5 Å². The van der Waals surface area contributed by atoms with E-state index in [2.05, 4.69) is 22.8 Å². The van der Waals surface area contributed by atoms with Gasteiger partial charge in [-0.2, -0.15) is 0 Å². The second-order valence-electron chi connectivity index (χ2n) is 7.21. The molecule has 0 spiro atoms. The summed E-state index contributed by atoms with van der Waals surface area (Å²) in [5, 5.41) is 7.09. The predicted octanol–water partition coefficient (Wildman–Crippen LogP) is 4.44. The lowest BCUT2D eigenvalue weighted by molar-refractivity contribution is -0.117. The molecule has 2 aromatic rings. The third-order valence-electron chi connectivity index (χ3n) is 4.99. The molecule has 0 saturated carbocycles. The molecular weight excluding hydrogens is 382 g/mol. The Bertz CT molecular complexity index is 852. The van der Waals surface area contributed by atoms with E-state index in [1.807, 2.05) is 49.1 Å². The summed E-state index contributed by atoms with van der Waals surface area (Å²) in [6, 6.07) is 14.3. The molecule has 2 N–H and O–H groups in total. The van der Waals surface area contributed by atoms with Crippen LogP contribution in [0.1, 0.15) is 37.3 Å². The molecule has 2 aromatic carbocycles. The van der Waals surface area contributed by atoms with Gasteiger partial charge >= 0.3 is 0 Å². The Labute approximate surface area is 178 Å². The largest absolute Gasteiger partial charge is 0.494 e. The molecule has 1 aliphatic heterocycles. The van der Waals surface area contributed by atoms with Crippen LogP contribution in [0.5, 0.6) is 5.75 Å². The average Bonchev–Trinajstić information content (AvgIpc) is 3.14. The van der Waals surface area contributed by atoms with E-state index in [1.54, 1.807) is 0 Å². The highest BCUT2D eigenvalue weighted by molar-refractivity contribution is 7.80. The molecule has 0 unspecified atom stereocenters. The molecule has 0 aliphatic carbocycles. The number of carbonyl (C=O) groups excluding carboxylic acids is 1. The Morgan fingerprint density at radius 2 is 2.00 bits per heavy atom. The van der Waals surface area contributed by atoms with Gasteiger partial charge in [0.15, 0.2) is 5.11 Å². The SMILES string of the molecule is CCOc1ccc(CCCNC(=S)Nc2ccc(C)c(N3CCCC3=O)c2)cc1. The molecule has 0 aromatic heterocycles. The summed E-state index contributed by atoms with van der Waals surface area (Å²) in [5.74, 6) is 1.10. The van der Waals surface area contributed by atoms with Gasteiger partial charge in [0.2, 0.25) is 5.91 Å². The minimum absolute atomic E-state index is 0.195. The zero-order valence-corrected chi connectivity index (χ0v) is 18.0. The predicted molar refractivity (Wildman–Crippen MR) is 123 cm³/mol. The Kier molecular flexibility index (Phi) is 7.47. The number of carbonyl (C=O) groups is 1. The fourth-order valence-corrected chi connectivity index (χ4v) is 3.69. The molecule has 3 rings (SSSR count). The summed E-state index contributed by atoms with van der Waals surface area (Å²) in [5.41, 5.74) is 4.25. The van der Waals surface area contributed by atoms with Crippen LogP contribution >= 0.6 is 12.2 Å². The molecule has 1 fully saturated rings. The van der Waals surface area contributed by atoms with Gasteiger partial charge in [-0.05, 0) is 80.7 Å². The van der Waals surface area contributed by atoms with E-state index in [-0.39, 0.29) is 5.91 Å². The lowest BCUT2D eigenvalue weighted by atomic mass is 10.1. The van der Waals surface area contributed by atoms with Crippen molar-refractivity contribution in [3.63, 3.8) is 0 Å². The quantitative estimate of drug-likeness (QED) is 0.497. The van der Waals surface area contributed by atoms with Crippen LogP contribution in [-0.2, 0) is 11.2 Å². The summed E-state index contributed by atoms with van der Waals surface area (Å²) in [4.78, 5) is 13.9. The zero-order chi connectivity index (χ0) is 20.6. The number of hydrogen-bond acceptors (Lipinski definition) is 3. The second kappa shape index (κ2) is 10.3. The lowest BCUT2D eigenvalue weighted by Gasteiger charge is -2.20. The Balaban J connectivity index is 1.45. The number of nitrogens with zero attached hydrogens (tertiary/aromatic N) is 1. The smallest absolute Gasteiger partial charge is 0.227 e. The first-order valence-corrected chi connectivity index (χ1v) is 10.6. The van der Waals surface area contributed by atoms with Gasteiger partial charge < -0.3 is 20.3 Å². The molecule has 0 bridgehead atoms. The van der Waals surface area contributed by atoms with Crippen LogP contribution in [0.25, 0.3) is 0 Å². The van der Waals surface area contributed by atoms with E-state index in [9.17, 15) is 4.79 Å². The standard InChI is InChI=1S/C23H29N3O2S/c1-3-28-20-12-9-18(10-13-20)6-4-14-24-23(29)25-19-11-8-17(2)21(16-19)26-15-5-7-22(26)27/h8-13,16H,3-7,14-15H2,1-2H3,(H2,24,25,29). The number of aryl methyl sites for hydroxylation is 2. The maximum absolute atomic E-state index is 12.1. The molecule has 0 atom stereocenters. The number of rotatable bonds is 8. The van der Waals surface area contributed by atoms with Gasteiger partial charge in [0.1, 0.15) is 5.75 Å². The van der Waals surface area contributed by atoms with Crippen LogP contribution in [0.2, 0.25) is 0 Å². The van der Waals surface area contributed by atoms with Crippen LogP contribution in [0.3, 0.4) is 0 Å². The molecule has 1 saturated heterocycles. The number of hydrogen-bond donors (Lipinski definition) is 2. The summed E-state index contributed by atoms with van der Waals surface area (Å²) >= 11 is 5.43. The van der Waals surface area contributed by atoms with E-state index >= 15 is 0 Å². The van der Waals surface area contributed by atoms with Crippen molar-refractivity contribution in [1.29, 1.82) is 0 Å². The van der Waals surface area contributed by atoms with Gasteiger partial charge in [-0.15, -0.1) is 0 Å². The van der Waals surface area contributed by atoms with Gasteiger partial charge in [-0.25, -0.2) is 0 Å². The number of ether oxygens (including phenoxy) is 1. The van der Waals surface area contributed by atoms with Crippen molar-refractivity contribution in [2.24, 2.45) is 0 Å². The van der Waals surface area contributed by atoms with Gasteiger partial charge in [0.25, 0.3) is 0 Å². The Morgan fingerprint density at radius 1 is 1.21 bits per heavy atom. The lowest BCUT2D eigenvalue weighted by Crippen LogP contribution is -2.30. The summed E-state index contributed by atoms with van der Waals surface area (Å²) in [6.07, 6.45) is 3.51. The highest BCUT2D eigenvalue weighted by Gasteiger charge is 2.23. The normalized spacial score (nSPS) is 13.4. The van der Waals surface area contributed by atoms with Gasteiger partial charge in [-0.1, -0.05) is 18.2 Å². The van der Waals surface area contributed by atoms with Crippen molar-refractivity contribution in [2.75, 3.05) is 29.9 Å². The third kappa shape index (κ3) is 5.94. The molecule has 1 aliphatic rings. The van der Waals surface area contributed by atoms with Crippen LogP contribution in [0, 0.1) is 6.92 Å². The maximum atomic E-state index is 12.1. The number of amides is 1. The van der Waals surface area contributed by atoms with Crippen LogP contribution in [0.15, 0.2) is 42.5 Å². The van der Waals surface area contributed by atoms with Gasteiger partial charge in [0.05, 0.1) is 6.61 Å². The van der Waals surface area contributed by atoms with Gasteiger partial charge in [0, 0.05) is 30.9 Å². The van der Waals surface area contributed by atoms with E-state index in [0.717, 1.165) is 55.0 Å². The molecule has 1 amide bonds. The zero-order valence-electron chi connectivity index (χ0n) is 17.2. The fourth-order valence-electron chi connectivity index (χ4n) is 3.47. The molecule has 1 heterocycles. The second-order valence-corrected chi connectivity index (χ2v) is 7.62. The minimum Gasteiger partial charge on any atom is -0.494 e. The number of nitrogens with one attached hydrogen (secondary N) is 2.